The highest BCUT2D eigenvalue weighted by molar-refractivity contribution is 7.89. The molecule has 0 spiro atoms. The fourth-order valence-corrected chi connectivity index (χ4v) is 3.96. The largest absolute Gasteiger partial charge is 0.393 e. The van der Waals surface area contributed by atoms with Crippen LogP contribution < -0.4 is 5.73 Å². The van der Waals surface area contributed by atoms with Gasteiger partial charge in [-0.25, -0.2) is 8.42 Å². The predicted molar refractivity (Wildman–Crippen MR) is 76.1 cm³/mol. The molecule has 106 valence electrons. The van der Waals surface area contributed by atoms with Crippen LogP contribution in [0.1, 0.15) is 19.8 Å². The molecule has 0 saturated carbocycles. The molecule has 19 heavy (non-hydrogen) atoms. The predicted octanol–water partition coefficient (Wildman–Crippen LogP) is 0.497. The molecule has 1 fully saturated rings. The number of thiocarbonyl (C=S) groups is 1. The molecule has 6 nitrogen and oxygen atoms in total. The van der Waals surface area contributed by atoms with E-state index in [1.165, 1.54) is 21.3 Å². The Balaban J connectivity index is 2.19. The lowest BCUT2D eigenvalue weighted by atomic mass is 9.81. The van der Waals surface area contributed by atoms with Crippen molar-refractivity contribution in [2.24, 2.45) is 18.2 Å². The number of nitrogens with zero attached hydrogens (tertiary/aromatic N) is 3. The number of aromatic nitrogens is 2. The van der Waals surface area contributed by atoms with Crippen molar-refractivity contribution in [3.63, 3.8) is 0 Å². The molecule has 1 saturated heterocycles. The molecular weight excluding hydrogens is 284 g/mol. The summed E-state index contributed by atoms with van der Waals surface area (Å²) in [5.74, 6) is 0. The van der Waals surface area contributed by atoms with Gasteiger partial charge < -0.3 is 5.73 Å². The van der Waals surface area contributed by atoms with E-state index in [9.17, 15) is 8.42 Å². The Labute approximate surface area is 118 Å². The van der Waals surface area contributed by atoms with Crippen molar-refractivity contribution in [1.29, 1.82) is 0 Å². The van der Waals surface area contributed by atoms with Crippen LogP contribution in [0, 0.1) is 5.41 Å². The van der Waals surface area contributed by atoms with E-state index in [1.807, 2.05) is 6.92 Å². The second-order valence-electron chi connectivity index (χ2n) is 5.12. The first-order valence-corrected chi connectivity index (χ1v) is 7.90. The highest BCUT2D eigenvalue weighted by Crippen LogP contribution is 2.33. The maximum Gasteiger partial charge on any atom is 0.260 e. The number of hydrogen-bond donors (Lipinski definition) is 1. The lowest BCUT2D eigenvalue weighted by Crippen LogP contribution is -2.46. The van der Waals surface area contributed by atoms with E-state index in [0.29, 0.717) is 30.9 Å². The summed E-state index contributed by atoms with van der Waals surface area (Å²) in [5, 5.41) is 4.12. The first-order valence-electron chi connectivity index (χ1n) is 6.05. The zero-order valence-corrected chi connectivity index (χ0v) is 12.7. The van der Waals surface area contributed by atoms with Gasteiger partial charge in [0.1, 0.15) is 0 Å². The topological polar surface area (TPSA) is 81.2 Å². The summed E-state index contributed by atoms with van der Waals surface area (Å²) >= 11 is 5.06. The van der Waals surface area contributed by atoms with Crippen LogP contribution in [0.4, 0.5) is 0 Å². The standard InChI is InChI=1S/C11H18N4O2S2/c1-11(10(12)18)4-7-15(8-5-11)19(16,17)9-3-6-13-14(9)2/h3,6H,4-5,7-8H2,1-2H3,(H2,12,18). The third-order valence-corrected chi connectivity index (χ3v) is 6.27. The molecule has 2 N–H and O–H groups in total. The van der Waals surface area contributed by atoms with E-state index in [1.54, 1.807) is 7.05 Å². The van der Waals surface area contributed by atoms with Crippen molar-refractivity contribution in [2.75, 3.05) is 13.1 Å². The van der Waals surface area contributed by atoms with Gasteiger partial charge in [-0.2, -0.15) is 9.40 Å². The molecule has 8 heteroatoms. The molecule has 0 atom stereocenters. The Hall–Kier alpha value is -0.990. The minimum atomic E-state index is -3.48. The number of rotatable bonds is 3. The zero-order chi connectivity index (χ0) is 14.3. The second-order valence-corrected chi connectivity index (χ2v) is 7.45. The van der Waals surface area contributed by atoms with Gasteiger partial charge in [0, 0.05) is 25.6 Å². The van der Waals surface area contributed by atoms with Crippen LogP contribution in [-0.2, 0) is 17.1 Å². The molecule has 0 aliphatic carbocycles. The zero-order valence-electron chi connectivity index (χ0n) is 11.0. The summed E-state index contributed by atoms with van der Waals surface area (Å²) in [6, 6.07) is 1.51. The molecule has 0 unspecified atom stereocenters. The van der Waals surface area contributed by atoms with Gasteiger partial charge in [0.15, 0.2) is 5.03 Å². The summed E-state index contributed by atoms with van der Waals surface area (Å²) in [6.45, 7) is 2.85. The van der Waals surface area contributed by atoms with Crippen LogP contribution in [0.15, 0.2) is 17.3 Å². The van der Waals surface area contributed by atoms with Crippen LogP contribution in [0.2, 0.25) is 0 Å². The summed E-state index contributed by atoms with van der Waals surface area (Å²) in [4.78, 5) is 0.463. The van der Waals surface area contributed by atoms with Gasteiger partial charge in [-0.1, -0.05) is 19.1 Å². The summed E-state index contributed by atoms with van der Waals surface area (Å²) in [7, 11) is -1.85. The minimum Gasteiger partial charge on any atom is -0.393 e. The number of sulfonamides is 1. The minimum absolute atomic E-state index is 0.214. The van der Waals surface area contributed by atoms with Gasteiger partial charge in [-0.3, -0.25) is 4.68 Å². The lowest BCUT2D eigenvalue weighted by molar-refractivity contribution is 0.243. The highest BCUT2D eigenvalue weighted by Gasteiger charge is 2.37. The third-order valence-electron chi connectivity index (χ3n) is 3.80. The van der Waals surface area contributed by atoms with E-state index in [4.69, 9.17) is 18.0 Å². The van der Waals surface area contributed by atoms with Crippen LogP contribution >= 0.6 is 12.2 Å². The lowest BCUT2D eigenvalue weighted by Gasteiger charge is -2.37. The number of aryl methyl sites for hydroxylation is 1. The Bertz CT molecular complexity index is 586. The summed E-state index contributed by atoms with van der Waals surface area (Å²) in [5.41, 5.74) is 5.48. The molecule has 1 aliphatic heterocycles. The molecule has 2 heterocycles. The molecule has 2 rings (SSSR count). The Kier molecular flexibility index (Phi) is 3.67. The highest BCUT2D eigenvalue weighted by atomic mass is 32.2. The maximum absolute atomic E-state index is 12.5. The van der Waals surface area contributed by atoms with Gasteiger partial charge in [-0.15, -0.1) is 0 Å². The SMILES string of the molecule is Cn1nccc1S(=O)(=O)N1CCC(C)(C(N)=S)CC1. The van der Waals surface area contributed by atoms with E-state index < -0.39 is 10.0 Å². The first kappa shape index (κ1) is 14.4. The van der Waals surface area contributed by atoms with Crippen LogP contribution in [-0.4, -0.2) is 40.6 Å². The Morgan fingerprint density at radius 1 is 1.47 bits per heavy atom. The number of nitrogens with two attached hydrogens (primary N) is 1. The fourth-order valence-electron chi connectivity index (χ4n) is 2.21. The molecule has 0 aromatic carbocycles. The molecule has 0 radical (unpaired) electrons. The van der Waals surface area contributed by atoms with Crippen molar-refractivity contribution >= 4 is 27.2 Å². The molecule has 0 bridgehead atoms. The summed E-state index contributed by atoms with van der Waals surface area (Å²) < 4.78 is 27.8. The van der Waals surface area contributed by atoms with E-state index >= 15 is 0 Å². The number of hydrogen-bond acceptors (Lipinski definition) is 4. The average molecular weight is 302 g/mol. The van der Waals surface area contributed by atoms with E-state index in [-0.39, 0.29) is 10.4 Å². The average Bonchev–Trinajstić information content (AvgIpc) is 2.76. The molecular formula is C11H18N4O2S2. The second kappa shape index (κ2) is 4.84. The Morgan fingerprint density at radius 2 is 2.05 bits per heavy atom. The Morgan fingerprint density at radius 3 is 2.47 bits per heavy atom. The molecule has 1 aliphatic rings. The quantitative estimate of drug-likeness (QED) is 0.822. The van der Waals surface area contributed by atoms with E-state index in [2.05, 4.69) is 5.10 Å². The molecule has 1 aromatic heterocycles. The van der Waals surface area contributed by atoms with Crippen molar-refractivity contribution in [2.45, 2.75) is 24.8 Å². The van der Waals surface area contributed by atoms with Gasteiger partial charge in [0.2, 0.25) is 0 Å². The van der Waals surface area contributed by atoms with Gasteiger partial charge >= 0.3 is 0 Å². The normalized spacial score (nSPS) is 20.3. The van der Waals surface area contributed by atoms with Gasteiger partial charge in [-0.05, 0) is 18.9 Å². The summed E-state index contributed by atoms with van der Waals surface area (Å²) in [6.07, 6.45) is 2.79. The van der Waals surface area contributed by atoms with Crippen LogP contribution in [0.25, 0.3) is 0 Å². The van der Waals surface area contributed by atoms with Crippen molar-refractivity contribution < 1.29 is 8.42 Å². The van der Waals surface area contributed by atoms with Gasteiger partial charge in [0.25, 0.3) is 10.0 Å². The van der Waals surface area contributed by atoms with Crippen molar-refractivity contribution in [3.05, 3.63) is 12.3 Å². The number of piperidine rings is 1. The van der Waals surface area contributed by atoms with Crippen LogP contribution in [0.5, 0.6) is 0 Å². The first-order chi connectivity index (χ1) is 8.77. The van der Waals surface area contributed by atoms with Crippen molar-refractivity contribution in [1.82, 2.24) is 14.1 Å². The van der Waals surface area contributed by atoms with Gasteiger partial charge in [0.05, 0.1) is 11.2 Å². The smallest absolute Gasteiger partial charge is 0.260 e. The monoisotopic (exact) mass is 302 g/mol. The molecule has 1 aromatic rings. The van der Waals surface area contributed by atoms with Crippen molar-refractivity contribution in [3.8, 4) is 0 Å². The maximum atomic E-state index is 12.5. The fraction of sp³-hybridized carbons (Fsp3) is 0.636. The van der Waals surface area contributed by atoms with E-state index in [0.717, 1.165) is 0 Å². The third kappa shape index (κ3) is 2.52. The van der Waals surface area contributed by atoms with Crippen LogP contribution in [0.3, 0.4) is 0 Å². The molecule has 0 amide bonds.